The van der Waals surface area contributed by atoms with Crippen molar-refractivity contribution in [1.82, 2.24) is 5.32 Å². The van der Waals surface area contributed by atoms with Gasteiger partial charge in [-0.15, -0.1) is 0 Å². The van der Waals surface area contributed by atoms with E-state index in [1.807, 2.05) is 7.05 Å². The lowest BCUT2D eigenvalue weighted by atomic mass is 10.0. The van der Waals surface area contributed by atoms with Gasteiger partial charge in [0.25, 0.3) is 0 Å². The third-order valence-electron chi connectivity index (χ3n) is 1.84. The molecule has 0 saturated carbocycles. The quantitative estimate of drug-likeness (QED) is 0.637. The van der Waals surface area contributed by atoms with Crippen LogP contribution in [0.25, 0.3) is 0 Å². The highest BCUT2D eigenvalue weighted by molar-refractivity contribution is 5.11. The van der Waals surface area contributed by atoms with Crippen LogP contribution in [0.3, 0.4) is 0 Å². The maximum atomic E-state index is 3.23. The molecule has 0 atom stereocenters. The Labute approximate surface area is 64.5 Å². The molecular formula is C9H19N. The van der Waals surface area contributed by atoms with Gasteiger partial charge in [0.2, 0.25) is 0 Å². The summed E-state index contributed by atoms with van der Waals surface area (Å²) in [7, 11) is 1.99. The molecule has 60 valence electrons. The number of hydrogen-bond acceptors (Lipinski definition) is 1. The largest absolute Gasteiger partial charge is 0.391 e. The van der Waals surface area contributed by atoms with Gasteiger partial charge in [-0.1, -0.05) is 26.3 Å². The van der Waals surface area contributed by atoms with Crippen LogP contribution in [0.5, 0.6) is 0 Å². The van der Waals surface area contributed by atoms with Crippen LogP contribution in [0, 0.1) is 5.92 Å². The van der Waals surface area contributed by atoms with Crippen molar-refractivity contribution in [2.45, 2.75) is 34.1 Å². The van der Waals surface area contributed by atoms with Crippen LogP contribution in [-0.2, 0) is 0 Å². The molecule has 0 aromatic carbocycles. The van der Waals surface area contributed by atoms with Crippen LogP contribution >= 0.6 is 0 Å². The molecule has 0 saturated heterocycles. The average molecular weight is 141 g/mol. The molecule has 0 aromatic rings. The molecule has 0 bridgehead atoms. The summed E-state index contributed by atoms with van der Waals surface area (Å²) in [4.78, 5) is 0. The van der Waals surface area contributed by atoms with Crippen molar-refractivity contribution in [2.24, 2.45) is 5.92 Å². The lowest BCUT2D eigenvalue weighted by Gasteiger charge is -2.13. The third-order valence-corrected chi connectivity index (χ3v) is 1.84. The van der Waals surface area contributed by atoms with Crippen molar-refractivity contribution in [3.05, 3.63) is 11.3 Å². The van der Waals surface area contributed by atoms with Gasteiger partial charge in [0.1, 0.15) is 0 Å². The summed E-state index contributed by atoms with van der Waals surface area (Å²) in [5.74, 6) is 0.630. The first-order chi connectivity index (χ1) is 4.63. The van der Waals surface area contributed by atoms with Crippen LogP contribution in [-0.4, -0.2) is 7.05 Å². The average Bonchev–Trinajstić information content (AvgIpc) is 1.88. The zero-order valence-corrected chi connectivity index (χ0v) is 7.78. The molecule has 0 aromatic heterocycles. The van der Waals surface area contributed by atoms with Gasteiger partial charge in [0.15, 0.2) is 0 Å². The van der Waals surface area contributed by atoms with E-state index >= 15 is 0 Å². The molecule has 0 radical (unpaired) electrons. The van der Waals surface area contributed by atoms with Gasteiger partial charge in [-0.2, -0.15) is 0 Å². The fourth-order valence-corrected chi connectivity index (χ4v) is 1.19. The minimum Gasteiger partial charge on any atom is -0.391 e. The van der Waals surface area contributed by atoms with Crippen LogP contribution in [0.15, 0.2) is 11.3 Å². The van der Waals surface area contributed by atoms with Gasteiger partial charge < -0.3 is 5.32 Å². The van der Waals surface area contributed by atoms with E-state index in [4.69, 9.17) is 0 Å². The first kappa shape index (κ1) is 9.54. The molecule has 0 unspecified atom stereocenters. The van der Waals surface area contributed by atoms with E-state index in [0.717, 1.165) is 6.42 Å². The van der Waals surface area contributed by atoms with Gasteiger partial charge in [-0.25, -0.2) is 0 Å². The van der Waals surface area contributed by atoms with E-state index in [1.54, 1.807) is 0 Å². The lowest BCUT2D eigenvalue weighted by molar-refractivity contribution is 0.679. The summed E-state index contributed by atoms with van der Waals surface area (Å²) in [6, 6.07) is 0. The summed E-state index contributed by atoms with van der Waals surface area (Å²) in [6.07, 6.45) is 1.15. The second-order valence-electron chi connectivity index (χ2n) is 2.95. The Morgan fingerprint density at radius 1 is 1.40 bits per heavy atom. The minimum atomic E-state index is 0.630. The lowest BCUT2D eigenvalue weighted by Crippen LogP contribution is -2.13. The number of nitrogens with one attached hydrogen (secondary N) is 1. The van der Waals surface area contributed by atoms with Crippen LogP contribution in [0.4, 0.5) is 0 Å². The normalized spacial score (nSPS) is 13.4. The van der Waals surface area contributed by atoms with Crippen LogP contribution in [0.2, 0.25) is 0 Å². The second kappa shape index (κ2) is 4.37. The molecule has 0 amide bonds. The highest BCUT2D eigenvalue weighted by Crippen LogP contribution is 2.12. The van der Waals surface area contributed by atoms with E-state index in [-0.39, 0.29) is 0 Å². The topological polar surface area (TPSA) is 12.0 Å². The fraction of sp³-hybridized carbons (Fsp3) is 0.778. The molecule has 1 heteroatoms. The molecule has 0 aliphatic heterocycles. The summed E-state index contributed by atoms with van der Waals surface area (Å²) in [5, 5.41) is 3.23. The first-order valence-electron chi connectivity index (χ1n) is 4.00. The highest BCUT2D eigenvalue weighted by Gasteiger charge is 2.02. The maximum Gasteiger partial charge on any atom is 0.0119 e. The van der Waals surface area contributed by atoms with Gasteiger partial charge in [-0.05, 0) is 19.3 Å². The fourth-order valence-electron chi connectivity index (χ4n) is 1.19. The Morgan fingerprint density at radius 2 is 1.90 bits per heavy atom. The highest BCUT2D eigenvalue weighted by atomic mass is 14.8. The molecule has 0 rings (SSSR count). The monoisotopic (exact) mass is 141 g/mol. The van der Waals surface area contributed by atoms with Crippen molar-refractivity contribution in [2.75, 3.05) is 7.05 Å². The van der Waals surface area contributed by atoms with Gasteiger partial charge in [0, 0.05) is 12.7 Å². The predicted octanol–water partition coefficient (Wildman–Crippen LogP) is 2.55. The van der Waals surface area contributed by atoms with Gasteiger partial charge in [-0.3, -0.25) is 0 Å². The second-order valence-corrected chi connectivity index (χ2v) is 2.95. The number of hydrogen-bond donors (Lipinski definition) is 1. The number of rotatable bonds is 3. The van der Waals surface area contributed by atoms with Gasteiger partial charge >= 0.3 is 0 Å². The number of allylic oxidation sites excluding steroid dienone is 2. The molecule has 1 N–H and O–H groups in total. The Hall–Kier alpha value is -0.460. The molecule has 0 aliphatic carbocycles. The molecule has 0 heterocycles. The van der Waals surface area contributed by atoms with Crippen molar-refractivity contribution < 1.29 is 0 Å². The predicted molar refractivity (Wildman–Crippen MR) is 46.9 cm³/mol. The van der Waals surface area contributed by atoms with Crippen molar-refractivity contribution in [3.63, 3.8) is 0 Å². The Kier molecular flexibility index (Phi) is 4.17. The molecule has 10 heavy (non-hydrogen) atoms. The first-order valence-corrected chi connectivity index (χ1v) is 4.00. The van der Waals surface area contributed by atoms with E-state index in [1.165, 1.54) is 11.3 Å². The Morgan fingerprint density at radius 3 is 2.00 bits per heavy atom. The summed E-state index contributed by atoms with van der Waals surface area (Å²) in [6.45, 7) is 8.80. The molecule has 0 aliphatic rings. The van der Waals surface area contributed by atoms with Gasteiger partial charge in [0.05, 0.1) is 0 Å². The van der Waals surface area contributed by atoms with Crippen molar-refractivity contribution in [3.8, 4) is 0 Å². The summed E-state index contributed by atoms with van der Waals surface area (Å²) < 4.78 is 0. The van der Waals surface area contributed by atoms with Crippen molar-refractivity contribution >= 4 is 0 Å². The van der Waals surface area contributed by atoms with Crippen LogP contribution < -0.4 is 5.32 Å². The van der Waals surface area contributed by atoms with E-state index < -0.39 is 0 Å². The Balaban J connectivity index is 4.29. The van der Waals surface area contributed by atoms with E-state index in [0.29, 0.717) is 5.92 Å². The Bertz CT molecular complexity index is 123. The zero-order valence-electron chi connectivity index (χ0n) is 7.78. The standard InChI is InChI=1S/C9H19N/c1-6-8(4)9(10-5)7(2)3/h7,10H,6H2,1-5H3/b9-8-. The molecular weight excluding hydrogens is 122 g/mol. The van der Waals surface area contributed by atoms with Crippen LogP contribution in [0.1, 0.15) is 34.1 Å². The maximum absolute atomic E-state index is 3.23. The summed E-state index contributed by atoms with van der Waals surface area (Å²) in [5.41, 5.74) is 2.86. The molecule has 0 fully saturated rings. The zero-order chi connectivity index (χ0) is 8.15. The SMILES string of the molecule is CC/C(C)=C(\NC)C(C)C. The smallest absolute Gasteiger partial charge is 0.0119 e. The van der Waals surface area contributed by atoms with E-state index in [9.17, 15) is 0 Å². The minimum absolute atomic E-state index is 0.630. The summed E-state index contributed by atoms with van der Waals surface area (Å²) >= 11 is 0. The van der Waals surface area contributed by atoms with Crippen molar-refractivity contribution in [1.29, 1.82) is 0 Å². The third kappa shape index (κ3) is 2.42. The van der Waals surface area contributed by atoms with E-state index in [2.05, 4.69) is 33.0 Å². The molecule has 0 spiro atoms. The molecule has 1 nitrogen and oxygen atoms in total.